The highest BCUT2D eigenvalue weighted by Gasteiger charge is 2.26. The second-order valence-electron chi connectivity index (χ2n) is 7.58. The van der Waals surface area contributed by atoms with E-state index in [0.29, 0.717) is 11.7 Å². The van der Waals surface area contributed by atoms with E-state index in [9.17, 15) is 5.11 Å². The third-order valence-electron chi connectivity index (χ3n) is 6.00. The fourth-order valence-corrected chi connectivity index (χ4v) is 4.56. The molecule has 1 N–H and O–H groups in total. The smallest absolute Gasteiger partial charge is 0.119 e. The van der Waals surface area contributed by atoms with Crippen molar-refractivity contribution >= 4 is 0 Å². The lowest BCUT2D eigenvalue weighted by molar-refractivity contribution is 0.131. The minimum absolute atomic E-state index is 0.490. The highest BCUT2D eigenvalue weighted by molar-refractivity contribution is 5.35. The number of hydrogen-bond acceptors (Lipinski definition) is 2. The zero-order valence-electron chi connectivity index (χ0n) is 14.6. The Hall–Kier alpha value is -1.02. The summed E-state index contributed by atoms with van der Waals surface area (Å²) in [6.45, 7) is 2.42. The molecule has 1 saturated carbocycles. The van der Waals surface area contributed by atoms with Gasteiger partial charge in [-0.1, -0.05) is 63.1 Å². The van der Waals surface area contributed by atoms with Crippen LogP contribution in [-0.2, 0) is 0 Å². The maximum Gasteiger partial charge on any atom is 0.119 e. The normalized spacial score (nSPS) is 23.7. The Bertz CT molecular complexity index is 455. The summed E-state index contributed by atoms with van der Waals surface area (Å²) in [7, 11) is 0. The summed E-state index contributed by atoms with van der Waals surface area (Å²) in [6, 6.07) is 8.75. The van der Waals surface area contributed by atoms with Crippen LogP contribution < -0.4 is 0 Å². The number of piperidine rings is 1. The largest absolute Gasteiger partial charge is 0.508 e. The van der Waals surface area contributed by atoms with Gasteiger partial charge < -0.3 is 10.0 Å². The van der Waals surface area contributed by atoms with Gasteiger partial charge in [-0.3, -0.25) is 0 Å². The fraction of sp³-hybridized carbons (Fsp3) is 0.714. The Balaban J connectivity index is 1.53. The molecule has 1 saturated heterocycles. The SMILES string of the molecule is Oc1ccccc1C1CCN(C2CCCCCCCCC2)CC1. The molecule has 0 spiro atoms. The summed E-state index contributed by atoms with van der Waals surface area (Å²) in [6.07, 6.45) is 15.3. The average Bonchev–Trinajstić information content (AvgIpc) is 2.60. The van der Waals surface area contributed by atoms with Gasteiger partial charge in [0.2, 0.25) is 0 Å². The first-order valence-electron chi connectivity index (χ1n) is 9.86. The van der Waals surface area contributed by atoms with Crippen molar-refractivity contribution in [2.45, 2.75) is 82.6 Å². The highest BCUT2D eigenvalue weighted by Crippen LogP contribution is 2.35. The molecule has 2 heteroatoms. The number of likely N-dealkylation sites (tertiary alicyclic amines) is 1. The van der Waals surface area contributed by atoms with Gasteiger partial charge in [0, 0.05) is 6.04 Å². The van der Waals surface area contributed by atoms with Crippen molar-refractivity contribution in [3.05, 3.63) is 29.8 Å². The number of phenols is 1. The molecule has 3 rings (SSSR count). The molecule has 1 aliphatic carbocycles. The number of rotatable bonds is 2. The van der Waals surface area contributed by atoms with Crippen LogP contribution in [0.5, 0.6) is 5.75 Å². The van der Waals surface area contributed by atoms with Crippen LogP contribution in [0.2, 0.25) is 0 Å². The second-order valence-corrected chi connectivity index (χ2v) is 7.58. The Morgan fingerprint density at radius 2 is 1.30 bits per heavy atom. The topological polar surface area (TPSA) is 23.5 Å². The monoisotopic (exact) mass is 315 g/mol. The van der Waals surface area contributed by atoms with Gasteiger partial charge >= 0.3 is 0 Å². The van der Waals surface area contributed by atoms with Gasteiger partial charge in [0.1, 0.15) is 5.75 Å². The van der Waals surface area contributed by atoms with Crippen LogP contribution in [0.3, 0.4) is 0 Å². The Morgan fingerprint density at radius 1 is 0.739 bits per heavy atom. The van der Waals surface area contributed by atoms with Crippen molar-refractivity contribution in [3.63, 3.8) is 0 Å². The predicted molar refractivity (Wildman–Crippen MR) is 97.0 cm³/mol. The van der Waals surface area contributed by atoms with E-state index in [0.717, 1.165) is 11.6 Å². The minimum atomic E-state index is 0.490. The molecular formula is C21H33NO. The zero-order chi connectivity index (χ0) is 15.9. The number of benzene rings is 1. The van der Waals surface area contributed by atoms with Gasteiger partial charge in [-0.15, -0.1) is 0 Å². The molecular weight excluding hydrogens is 282 g/mol. The maximum atomic E-state index is 10.1. The predicted octanol–water partition coefficient (Wildman–Crippen LogP) is 5.46. The molecule has 1 heterocycles. The van der Waals surface area contributed by atoms with Crippen LogP contribution in [0.15, 0.2) is 24.3 Å². The van der Waals surface area contributed by atoms with E-state index in [1.807, 2.05) is 12.1 Å². The van der Waals surface area contributed by atoms with Crippen molar-refractivity contribution in [3.8, 4) is 5.75 Å². The summed E-state index contributed by atoms with van der Waals surface area (Å²) in [4.78, 5) is 2.76. The molecule has 0 aromatic heterocycles. The van der Waals surface area contributed by atoms with E-state index in [4.69, 9.17) is 0 Å². The van der Waals surface area contributed by atoms with Crippen LogP contribution >= 0.6 is 0 Å². The highest BCUT2D eigenvalue weighted by atomic mass is 16.3. The van der Waals surface area contributed by atoms with Crippen molar-refractivity contribution in [2.24, 2.45) is 0 Å². The minimum Gasteiger partial charge on any atom is -0.508 e. The molecule has 23 heavy (non-hydrogen) atoms. The zero-order valence-corrected chi connectivity index (χ0v) is 14.6. The Morgan fingerprint density at radius 3 is 1.91 bits per heavy atom. The van der Waals surface area contributed by atoms with Crippen molar-refractivity contribution in [2.75, 3.05) is 13.1 Å². The summed E-state index contributed by atoms with van der Waals surface area (Å²) in [5.74, 6) is 1.04. The summed E-state index contributed by atoms with van der Waals surface area (Å²) in [5, 5.41) is 10.1. The van der Waals surface area contributed by atoms with E-state index < -0.39 is 0 Å². The Kier molecular flexibility index (Phi) is 6.38. The molecule has 0 bridgehead atoms. The van der Waals surface area contributed by atoms with Gasteiger partial charge in [-0.05, 0) is 56.3 Å². The first-order chi connectivity index (χ1) is 11.3. The lowest BCUT2D eigenvalue weighted by Gasteiger charge is -2.38. The van der Waals surface area contributed by atoms with Gasteiger partial charge in [-0.2, -0.15) is 0 Å². The fourth-order valence-electron chi connectivity index (χ4n) is 4.56. The van der Waals surface area contributed by atoms with Crippen LogP contribution in [0.1, 0.15) is 82.1 Å². The van der Waals surface area contributed by atoms with E-state index in [1.54, 1.807) is 0 Å². The molecule has 0 atom stereocenters. The number of hydrogen-bond donors (Lipinski definition) is 1. The molecule has 128 valence electrons. The molecule has 2 nitrogen and oxygen atoms in total. The average molecular weight is 316 g/mol. The third kappa shape index (κ3) is 4.73. The summed E-state index contributed by atoms with van der Waals surface area (Å²) in [5.41, 5.74) is 1.16. The summed E-state index contributed by atoms with van der Waals surface area (Å²) < 4.78 is 0. The maximum absolute atomic E-state index is 10.1. The van der Waals surface area contributed by atoms with Crippen LogP contribution in [0.25, 0.3) is 0 Å². The Labute approximate surface area is 141 Å². The molecule has 1 aliphatic heterocycles. The molecule has 0 radical (unpaired) electrons. The van der Waals surface area contributed by atoms with Crippen molar-refractivity contribution < 1.29 is 5.11 Å². The molecule has 1 aromatic carbocycles. The van der Waals surface area contributed by atoms with Gasteiger partial charge in [0.05, 0.1) is 0 Å². The first kappa shape index (κ1) is 16.8. The van der Waals surface area contributed by atoms with E-state index >= 15 is 0 Å². The molecule has 2 fully saturated rings. The van der Waals surface area contributed by atoms with E-state index in [-0.39, 0.29) is 0 Å². The number of aromatic hydroxyl groups is 1. The van der Waals surface area contributed by atoms with Crippen LogP contribution in [-0.4, -0.2) is 29.1 Å². The van der Waals surface area contributed by atoms with Gasteiger partial charge in [0.15, 0.2) is 0 Å². The first-order valence-corrected chi connectivity index (χ1v) is 9.86. The van der Waals surface area contributed by atoms with Crippen molar-refractivity contribution in [1.82, 2.24) is 4.90 Å². The number of phenolic OH excluding ortho intramolecular Hbond substituents is 1. The molecule has 2 aliphatic rings. The second kappa shape index (κ2) is 8.73. The number of nitrogens with zero attached hydrogens (tertiary/aromatic N) is 1. The van der Waals surface area contributed by atoms with E-state index in [2.05, 4.69) is 17.0 Å². The quantitative estimate of drug-likeness (QED) is 0.783. The molecule has 0 unspecified atom stereocenters. The van der Waals surface area contributed by atoms with Crippen LogP contribution in [0.4, 0.5) is 0 Å². The summed E-state index contributed by atoms with van der Waals surface area (Å²) >= 11 is 0. The van der Waals surface area contributed by atoms with Crippen molar-refractivity contribution in [1.29, 1.82) is 0 Å². The number of para-hydroxylation sites is 1. The lowest BCUT2D eigenvalue weighted by atomic mass is 9.87. The van der Waals surface area contributed by atoms with Crippen LogP contribution in [0, 0.1) is 0 Å². The molecule has 0 amide bonds. The molecule has 1 aromatic rings. The third-order valence-corrected chi connectivity index (χ3v) is 6.00. The van der Waals surface area contributed by atoms with Gasteiger partial charge in [0.25, 0.3) is 0 Å². The standard InChI is InChI=1S/C21H33NO/c23-21-13-9-8-12-20(21)18-14-16-22(17-15-18)19-10-6-4-2-1-3-5-7-11-19/h8-9,12-13,18-19,23H,1-7,10-11,14-17H2. The van der Waals surface area contributed by atoms with Gasteiger partial charge in [-0.25, -0.2) is 0 Å². The van der Waals surface area contributed by atoms with E-state index in [1.165, 1.54) is 83.7 Å². The lowest BCUT2D eigenvalue weighted by Crippen LogP contribution is -2.41.